The molecule has 1 heterocycles. The molecule has 0 unspecified atom stereocenters. The number of anilines is 1. The maximum atomic E-state index is 12.3. The molecule has 0 aliphatic heterocycles. The molecule has 0 saturated heterocycles. The largest absolute Gasteiger partial charge is 0.321 e. The topological polar surface area (TPSA) is 64.0 Å². The third kappa shape index (κ3) is 4.04. The molecule has 116 valence electrons. The van der Waals surface area contributed by atoms with Crippen molar-refractivity contribution in [3.63, 3.8) is 0 Å². The van der Waals surface area contributed by atoms with Crippen molar-refractivity contribution in [3.8, 4) is 0 Å². The van der Waals surface area contributed by atoms with Gasteiger partial charge in [-0.25, -0.2) is 4.68 Å². The zero-order valence-corrected chi connectivity index (χ0v) is 13.0. The van der Waals surface area contributed by atoms with Crippen LogP contribution >= 0.6 is 0 Å². The first-order valence-electron chi connectivity index (χ1n) is 7.62. The predicted molar refractivity (Wildman–Crippen MR) is 87.2 cm³/mol. The van der Waals surface area contributed by atoms with Gasteiger partial charge in [0.05, 0.1) is 0 Å². The van der Waals surface area contributed by atoms with Crippen molar-refractivity contribution in [2.45, 2.75) is 39.7 Å². The summed E-state index contributed by atoms with van der Waals surface area (Å²) in [6.07, 6.45) is 2.73. The Morgan fingerprint density at radius 1 is 1.23 bits per heavy atom. The number of amides is 1. The van der Waals surface area contributed by atoms with Crippen LogP contribution in [0.4, 0.5) is 5.69 Å². The molecule has 0 saturated carbocycles. The van der Waals surface area contributed by atoms with Crippen LogP contribution in [0.25, 0.3) is 0 Å². The summed E-state index contributed by atoms with van der Waals surface area (Å²) in [5.41, 5.74) is 1.95. The highest BCUT2D eigenvalue weighted by Crippen LogP contribution is 2.12. The number of unbranched alkanes of at least 4 members (excludes halogenated alkanes) is 1. The molecule has 5 nitrogen and oxygen atoms in total. The summed E-state index contributed by atoms with van der Waals surface area (Å²) in [6, 6.07) is 10.5. The van der Waals surface area contributed by atoms with Crippen molar-refractivity contribution in [2.24, 2.45) is 0 Å². The highest BCUT2D eigenvalue weighted by Gasteiger charge is 2.10. The van der Waals surface area contributed by atoms with Crippen molar-refractivity contribution in [3.05, 3.63) is 58.0 Å². The van der Waals surface area contributed by atoms with Crippen molar-refractivity contribution in [2.75, 3.05) is 5.32 Å². The number of carbonyl (C=O) groups is 1. The Balaban J connectivity index is 2.16. The molecule has 1 aromatic carbocycles. The van der Waals surface area contributed by atoms with Crippen LogP contribution in [-0.4, -0.2) is 15.7 Å². The van der Waals surface area contributed by atoms with Crippen molar-refractivity contribution in [1.82, 2.24) is 9.78 Å². The fourth-order valence-corrected chi connectivity index (χ4v) is 2.10. The van der Waals surface area contributed by atoms with Gasteiger partial charge in [-0.05, 0) is 36.6 Å². The minimum Gasteiger partial charge on any atom is -0.321 e. The number of nitrogens with one attached hydrogen (secondary N) is 1. The van der Waals surface area contributed by atoms with Gasteiger partial charge < -0.3 is 5.32 Å². The highest BCUT2D eigenvalue weighted by molar-refractivity contribution is 6.02. The summed E-state index contributed by atoms with van der Waals surface area (Å²) in [5, 5.41) is 6.96. The Hall–Kier alpha value is -2.43. The molecule has 0 spiro atoms. The molecule has 2 rings (SSSR count). The van der Waals surface area contributed by atoms with Crippen LogP contribution in [0.3, 0.4) is 0 Å². The van der Waals surface area contributed by atoms with Gasteiger partial charge in [0.25, 0.3) is 11.5 Å². The lowest BCUT2D eigenvalue weighted by atomic mass is 10.1. The van der Waals surface area contributed by atoms with Crippen LogP contribution in [0.15, 0.2) is 41.2 Å². The number of carbonyl (C=O) groups excluding carboxylic acids is 1. The van der Waals surface area contributed by atoms with E-state index in [4.69, 9.17) is 0 Å². The van der Waals surface area contributed by atoms with E-state index in [1.54, 1.807) is 0 Å². The molecule has 1 N–H and O–H groups in total. The molecule has 0 aliphatic carbocycles. The molecule has 22 heavy (non-hydrogen) atoms. The van der Waals surface area contributed by atoms with Crippen LogP contribution in [0.1, 0.15) is 42.7 Å². The number of aryl methyl sites for hydroxylation is 2. The van der Waals surface area contributed by atoms with Gasteiger partial charge in [0.15, 0.2) is 0 Å². The van der Waals surface area contributed by atoms with E-state index in [0.29, 0.717) is 6.54 Å². The lowest BCUT2D eigenvalue weighted by Crippen LogP contribution is -2.26. The van der Waals surface area contributed by atoms with Crippen LogP contribution in [0, 0.1) is 0 Å². The molecular weight excluding hydrogens is 278 g/mol. The van der Waals surface area contributed by atoms with E-state index in [1.165, 1.54) is 16.8 Å². The molecule has 1 amide bonds. The van der Waals surface area contributed by atoms with Gasteiger partial charge in [0.1, 0.15) is 5.69 Å². The molecule has 2 aromatic rings. The van der Waals surface area contributed by atoms with Crippen molar-refractivity contribution < 1.29 is 4.79 Å². The lowest BCUT2D eigenvalue weighted by molar-refractivity contribution is 0.101. The fraction of sp³-hybridized carbons (Fsp3) is 0.353. The van der Waals surface area contributed by atoms with E-state index < -0.39 is 0 Å². The first-order valence-corrected chi connectivity index (χ1v) is 7.62. The number of benzene rings is 1. The second kappa shape index (κ2) is 7.54. The van der Waals surface area contributed by atoms with Gasteiger partial charge >= 0.3 is 0 Å². The summed E-state index contributed by atoms with van der Waals surface area (Å²) < 4.78 is 1.35. The minimum atomic E-state index is -0.307. The number of hydrogen-bond acceptors (Lipinski definition) is 3. The van der Waals surface area contributed by atoms with E-state index in [1.807, 2.05) is 31.2 Å². The lowest BCUT2D eigenvalue weighted by Gasteiger charge is -2.08. The first-order chi connectivity index (χ1) is 10.6. The zero-order chi connectivity index (χ0) is 15.9. The Bertz CT molecular complexity index is 707. The van der Waals surface area contributed by atoms with E-state index in [0.717, 1.165) is 30.5 Å². The number of aromatic nitrogens is 2. The maximum absolute atomic E-state index is 12.3. The number of hydrogen-bond donors (Lipinski definition) is 1. The van der Waals surface area contributed by atoms with E-state index in [2.05, 4.69) is 17.3 Å². The third-order valence-electron chi connectivity index (χ3n) is 3.42. The molecular formula is C17H21N3O2. The quantitative estimate of drug-likeness (QED) is 0.892. The summed E-state index contributed by atoms with van der Waals surface area (Å²) in [4.78, 5) is 24.0. The van der Waals surface area contributed by atoms with Crippen LogP contribution in [0.5, 0.6) is 0 Å². The van der Waals surface area contributed by atoms with Gasteiger partial charge in [0, 0.05) is 18.3 Å². The van der Waals surface area contributed by atoms with Crippen LogP contribution in [0.2, 0.25) is 0 Å². The second-order valence-electron chi connectivity index (χ2n) is 5.14. The summed E-state index contributed by atoms with van der Waals surface area (Å²) in [6.45, 7) is 4.64. The van der Waals surface area contributed by atoms with Gasteiger partial charge in [0.2, 0.25) is 0 Å². The number of nitrogens with zero attached hydrogens (tertiary/aromatic N) is 2. The second-order valence-corrected chi connectivity index (χ2v) is 5.14. The SMILES string of the molecule is CCCCn1nc(C(=O)Nc2cccc(CC)c2)ccc1=O. The van der Waals surface area contributed by atoms with Gasteiger partial charge in [-0.2, -0.15) is 5.10 Å². The highest BCUT2D eigenvalue weighted by atomic mass is 16.2. The standard InChI is InChI=1S/C17H21N3O2/c1-3-5-11-20-16(21)10-9-15(19-20)17(22)18-14-8-6-7-13(4-2)12-14/h6-10,12H,3-5,11H2,1-2H3,(H,18,22). The smallest absolute Gasteiger partial charge is 0.276 e. The number of rotatable bonds is 6. The normalized spacial score (nSPS) is 10.5. The molecule has 0 radical (unpaired) electrons. The zero-order valence-electron chi connectivity index (χ0n) is 13.0. The van der Waals surface area contributed by atoms with Crippen LogP contribution < -0.4 is 10.9 Å². The van der Waals surface area contributed by atoms with Gasteiger partial charge in [-0.3, -0.25) is 9.59 Å². The summed E-state index contributed by atoms with van der Waals surface area (Å²) in [5.74, 6) is -0.307. The molecule has 5 heteroatoms. The monoisotopic (exact) mass is 299 g/mol. The fourth-order valence-electron chi connectivity index (χ4n) is 2.10. The molecule has 0 aliphatic rings. The average Bonchev–Trinajstić information content (AvgIpc) is 2.54. The van der Waals surface area contributed by atoms with E-state index >= 15 is 0 Å². The van der Waals surface area contributed by atoms with E-state index in [-0.39, 0.29) is 17.2 Å². The molecule has 0 atom stereocenters. The minimum absolute atomic E-state index is 0.182. The molecule has 1 aromatic heterocycles. The maximum Gasteiger partial charge on any atom is 0.276 e. The Labute approximate surface area is 130 Å². The van der Waals surface area contributed by atoms with Crippen molar-refractivity contribution in [1.29, 1.82) is 0 Å². The Kier molecular flexibility index (Phi) is 5.47. The Morgan fingerprint density at radius 3 is 2.77 bits per heavy atom. The van der Waals surface area contributed by atoms with Crippen LogP contribution in [-0.2, 0) is 13.0 Å². The third-order valence-corrected chi connectivity index (χ3v) is 3.42. The van der Waals surface area contributed by atoms with E-state index in [9.17, 15) is 9.59 Å². The van der Waals surface area contributed by atoms with Gasteiger partial charge in [-0.15, -0.1) is 0 Å². The summed E-state index contributed by atoms with van der Waals surface area (Å²) in [7, 11) is 0. The first kappa shape index (κ1) is 15.9. The average molecular weight is 299 g/mol. The molecule has 0 fully saturated rings. The van der Waals surface area contributed by atoms with Gasteiger partial charge in [-0.1, -0.05) is 32.4 Å². The van der Waals surface area contributed by atoms with Crippen molar-refractivity contribution >= 4 is 11.6 Å². The predicted octanol–water partition coefficient (Wildman–Crippen LogP) is 2.86. The molecule has 0 bridgehead atoms. The summed E-state index contributed by atoms with van der Waals surface area (Å²) >= 11 is 0. The Morgan fingerprint density at radius 2 is 2.05 bits per heavy atom.